The summed E-state index contributed by atoms with van der Waals surface area (Å²) in [4.78, 5) is 0. The Hall–Kier alpha value is -2.49. The van der Waals surface area contributed by atoms with Crippen LogP contribution in [0.5, 0.6) is 5.75 Å². The van der Waals surface area contributed by atoms with Crippen molar-refractivity contribution in [2.24, 2.45) is 0 Å². The van der Waals surface area contributed by atoms with Crippen LogP contribution in [0.2, 0.25) is 0 Å². The fraction of sp³-hybridized carbons (Fsp3) is 0.235. The van der Waals surface area contributed by atoms with Gasteiger partial charge in [0.05, 0.1) is 18.8 Å². The molecule has 0 aliphatic carbocycles. The Morgan fingerprint density at radius 2 is 2.05 bits per heavy atom. The summed E-state index contributed by atoms with van der Waals surface area (Å²) in [6, 6.07) is 14.6. The predicted molar refractivity (Wildman–Crippen MR) is 85.9 cm³/mol. The molecule has 2 aromatic carbocycles. The van der Waals surface area contributed by atoms with Crippen molar-refractivity contribution >= 4 is 16.6 Å². The number of H-pyrrole nitrogens is 1. The summed E-state index contributed by atoms with van der Waals surface area (Å²) < 4.78 is 5.41. The van der Waals surface area contributed by atoms with Crippen molar-refractivity contribution in [3.63, 3.8) is 0 Å². The van der Waals surface area contributed by atoms with Gasteiger partial charge < -0.3 is 10.1 Å². The van der Waals surface area contributed by atoms with E-state index in [0.29, 0.717) is 6.04 Å². The lowest BCUT2D eigenvalue weighted by Gasteiger charge is -2.17. The molecule has 0 fully saturated rings. The van der Waals surface area contributed by atoms with Gasteiger partial charge in [-0.1, -0.05) is 24.3 Å². The Kier molecular flexibility index (Phi) is 3.77. The number of nitrogens with one attached hydrogen (secondary N) is 2. The zero-order chi connectivity index (χ0) is 14.7. The summed E-state index contributed by atoms with van der Waals surface area (Å²) >= 11 is 0. The van der Waals surface area contributed by atoms with Crippen molar-refractivity contribution in [2.75, 3.05) is 12.4 Å². The second kappa shape index (κ2) is 5.87. The minimum Gasteiger partial charge on any atom is -0.496 e. The van der Waals surface area contributed by atoms with Gasteiger partial charge in [-0.3, -0.25) is 5.10 Å². The summed E-state index contributed by atoms with van der Waals surface area (Å²) in [6.07, 6.45) is 2.76. The number of ether oxygens (including phenoxy) is 1. The first-order chi connectivity index (χ1) is 10.3. The van der Waals surface area contributed by atoms with Crippen molar-refractivity contribution < 1.29 is 4.74 Å². The third-order valence-electron chi connectivity index (χ3n) is 3.61. The first kappa shape index (κ1) is 13.5. The van der Waals surface area contributed by atoms with Crippen LogP contribution in [0.15, 0.2) is 48.7 Å². The minimum absolute atomic E-state index is 0.293. The maximum absolute atomic E-state index is 5.41. The highest BCUT2D eigenvalue weighted by Crippen LogP contribution is 2.24. The summed E-state index contributed by atoms with van der Waals surface area (Å²) in [5.41, 5.74) is 3.35. The molecule has 3 aromatic rings. The van der Waals surface area contributed by atoms with Crippen molar-refractivity contribution in [3.05, 3.63) is 54.2 Å². The molecule has 0 amide bonds. The van der Waals surface area contributed by atoms with E-state index < -0.39 is 0 Å². The van der Waals surface area contributed by atoms with Gasteiger partial charge in [0.25, 0.3) is 0 Å². The van der Waals surface area contributed by atoms with E-state index in [4.69, 9.17) is 4.74 Å². The summed E-state index contributed by atoms with van der Waals surface area (Å²) in [7, 11) is 1.71. The van der Waals surface area contributed by atoms with E-state index in [9.17, 15) is 0 Å². The topological polar surface area (TPSA) is 49.9 Å². The van der Waals surface area contributed by atoms with E-state index in [1.165, 1.54) is 5.56 Å². The molecular weight excluding hydrogens is 262 g/mol. The fourth-order valence-corrected chi connectivity index (χ4v) is 2.61. The van der Waals surface area contributed by atoms with Gasteiger partial charge in [-0.15, -0.1) is 0 Å². The van der Waals surface area contributed by atoms with Crippen LogP contribution in [0.4, 0.5) is 5.69 Å². The highest BCUT2D eigenvalue weighted by molar-refractivity contribution is 5.90. The zero-order valence-electron chi connectivity index (χ0n) is 12.3. The van der Waals surface area contributed by atoms with Gasteiger partial charge >= 0.3 is 0 Å². The van der Waals surface area contributed by atoms with Gasteiger partial charge in [-0.2, -0.15) is 5.10 Å². The van der Waals surface area contributed by atoms with Gasteiger partial charge in [-0.05, 0) is 37.1 Å². The number of hydrogen-bond donors (Lipinski definition) is 2. The molecule has 0 saturated heterocycles. The van der Waals surface area contributed by atoms with Crippen LogP contribution in [0.25, 0.3) is 10.9 Å². The third-order valence-corrected chi connectivity index (χ3v) is 3.61. The standard InChI is InChI=1S/C17H19N3O/c1-12(10-13-6-3-4-9-17(13)21-2)19-15-7-5-8-16-14(15)11-18-20-16/h3-9,11-12,19H,10H2,1-2H3,(H,18,20). The van der Waals surface area contributed by atoms with Gasteiger partial charge in [0.1, 0.15) is 5.75 Å². The van der Waals surface area contributed by atoms with Crippen LogP contribution in [-0.2, 0) is 6.42 Å². The highest BCUT2D eigenvalue weighted by atomic mass is 16.5. The van der Waals surface area contributed by atoms with Gasteiger partial charge in [0.15, 0.2) is 0 Å². The van der Waals surface area contributed by atoms with Crippen LogP contribution < -0.4 is 10.1 Å². The molecule has 0 saturated carbocycles. The number of anilines is 1. The number of para-hydroxylation sites is 1. The molecule has 108 valence electrons. The molecule has 2 N–H and O–H groups in total. The normalized spacial score (nSPS) is 12.3. The molecule has 1 unspecified atom stereocenters. The lowest BCUT2D eigenvalue weighted by molar-refractivity contribution is 0.409. The smallest absolute Gasteiger partial charge is 0.122 e. The van der Waals surface area contributed by atoms with Gasteiger partial charge in [0.2, 0.25) is 0 Å². The molecule has 0 radical (unpaired) electrons. The number of aromatic amines is 1. The second-order valence-electron chi connectivity index (χ2n) is 5.20. The lowest BCUT2D eigenvalue weighted by atomic mass is 10.1. The Labute approximate surface area is 124 Å². The number of hydrogen-bond acceptors (Lipinski definition) is 3. The van der Waals surface area contributed by atoms with E-state index in [0.717, 1.165) is 28.8 Å². The minimum atomic E-state index is 0.293. The molecule has 0 bridgehead atoms. The first-order valence-electron chi connectivity index (χ1n) is 7.08. The molecule has 0 spiro atoms. The van der Waals surface area contributed by atoms with Crippen LogP contribution in [0.3, 0.4) is 0 Å². The van der Waals surface area contributed by atoms with E-state index in [2.05, 4.69) is 34.6 Å². The number of benzene rings is 2. The Bertz CT molecular complexity index is 735. The van der Waals surface area contributed by atoms with Crippen LogP contribution in [0, 0.1) is 0 Å². The predicted octanol–water partition coefficient (Wildman–Crippen LogP) is 3.61. The van der Waals surface area contributed by atoms with Crippen LogP contribution in [0.1, 0.15) is 12.5 Å². The lowest BCUT2D eigenvalue weighted by Crippen LogP contribution is -2.18. The number of methoxy groups -OCH3 is 1. The average Bonchev–Trinajstić information content (AvgIpc) is 2.97. The van der Waals surface area contributed by atoms with Crippen LogP contribution in [-0.4, -0.2) is 23.3 Å². The molecule has 0 aliphatic rings. The van der Waals surface area contributed by atoms with Crippen LogP contribution >= 0.6 is 0 Å². The molecule has 1 heterocycles. The second-order valence-corrected chi connectivity index (χ2v) is 5.20. The summed E-state index contributed by atoms with van der Waals surface area (Å²) in [6.45, 7) is 2.17. The molecule has 21 heavy (non-hydrogen) atoms. The van der Waals surface area contributed by atoms with Crippen molar-refractivity contribution in [1.82, 2.24) is 10.2 Å². The molecule has 0 aliphatic heterocycles. The number of nitrogens with zero attached hydrogens (tertiary/aromatic N) is 1. The van der Waals surface area contributed by atoms with Crippen molar-refractivity contribution in [3.8, 4) is 5.75 Å². The Morgan fingerprint density at radius 3 is 2.90 bits per heavy atom. The molecule has 1 aromatic heterocycles. The first-order valence-corrected chi connectivity index (χ1v) is 7.08. The summed E-state index contributed by atoms with van der Waals surface area (Å²) in [5.74, 6) is 0.938. The van der Waals surface area contributed by atoms with Gasteiger partial charge in [-0.25, -0.2) is 0 Å². The fourth-order valence-electron chi connectivity index (χ4n) is 2.61. The monoisotopic (exact) mass is 281 g/mol. The van der Waals surface area contributed by atoms with Gasteiger partial charge in [0, 0.05) is 17.1 Å². The quantitative estimate of drug-likeness (QED) is 0.751. The third kappa shape index (κ3) is 2.84. The maximum atomic E-state index is 5.41. The Balaban J connectivity index is 1.77. The molecule has 3 rings (SSSR count). The van der Waals surface area contributed by atoms with Crippen molar-refractivity contribution in [1.29, 1.82) is 0 Å². The molecular formula is C17H19N3O. The molecule has 1 atom stereocenters. The largest absolute Gasteiger partial charge is 0.496 e. The van der Waals surface area contributed by atoms with E-state index >= 15 is 0 Å². The molecule has 4 nitrogen and oxygen atoms in total. The number of aromatic nitrogens is 2. The maximum Gasteiger partial charge on any atom is 0.122 e. The van der Waals surface area contributed by atoms with Crippen molar-refractivity contribution in [2.45, 2.75) is 19.4 Å². The molecule has 4 heteroatoms. The van der Waals surface area contributed by atoms with E-state index in [-0.39, 0.29) is 0 Å². The zero-order valence-corrected chi connectivity index (χ0v) is 12.3. The highest BCUT2D eigenvalue weighted by Gasteiger charge is 2.10. The summed E-state index contributed by atoms with van der Waals surface area (Å²) in [5, 5.41) is 11.8. The average molecular weight is 281 g/mol. The number of rotatable bonds is 5. The SMILES string of the molecule is COc1ccccc1CC(C)Nc1cccc2[nH]ncc12. The van der Waals surface area contributed by atoms with E-state index in [1.807, 2.05) is 36.5 Å². The van der Waals surface area contributed by atoms with E-state index in [1.54, 1.807) is 7.11 Å². The number of fused-ring (bicyclic) bond motifs is 1. The Morgan fingerprint density at radius 1 is 1.19 bits per heavy atom.